The van der Waals surface area contributed by atoms with Crippen molar-refractivity contribution in [3.05, 3.63) is 70.7 Å². The Hall–Kier alpha value is -3.16. The zero-order valence-corrected chi connectivity index (χ0v) is 17.5. The van der Waals surface area contributed by atoms with Crippen molar-refractivity contribution in [2.24, 2.45) is 0 Å². The second-order valence-electron chi connectivity index (χ2n) is 6.70. The highest BCUT2D eigenvalue weighted by Gasteiger charge is 2.12. The molecule has 3 N–H and O–H groups in total. The van der Waals surface area contributed by atoms with E-state index in [4.69, 9.17) is 11.6 Å². The highest BCUT2D eigenvalue weighted by molar-refractivity contribution is 7.14. The summed E-state index contributed by atoms with van der Waals surface area (Å²) >= 11 is 7.21. The summed E-state index contributed by atoms with van der Waals surface area (Å²) in [4.78, 5) is 32.0. The van der Waals surface area contributed by atoms with E-state index in [9.17, 15) is 9.59 Å². The number of aromatic amines is 1. The van der Waals surface area contributed by atoms with Crippen LogP contribution in [0.15, 0.2) is 60.1 Å². The van der Waals surface area contributed by atoms with Crippen LogP contribution in [0.1, 0.15) is 23.2 Å². The van der Waals surface area contributed by atoms with Crippen LogP contribution in [0.5, 0.6) is 0 Å². The van der Waals surface area contributed by atoms with E-state index in [1.165, 1.54) is 11.3 Å². The first-order valence-electron chi connectivity index (χ1n) is 9.46. The fourth-order valence-corrected chi connectivity index (χ4v) is 3.93. The number of nitrogens with one attached hydrogen (secondary N) is 3. The molecule has 4 aromatic rings. The predicted molar refractivity (Wildman–Crippen MR) is 121 cm³/mol. The minimum Gasteiger partial charge on any atom is -0.360 e. The molecule has 6 nitrogen and oxygen atoms in total. The Balaban J connectivity index is 1.26. The first kappa shape index (κ1) is 20.1. The number of para-hydroxylation sites is 1. The van der Waals surface area contributed by atoms with Crippen molar-refractivity contribution in [2.75, 3.05) is 11.9 Å². The van der Waals surface area contributed by atoms with E-state index < -0.39 is 0 Å². The molecule has 0 bridgehead atoms. The van der Waals surface area contributed by atoms with Crippen molar-refractivity contribution in [3.63, 3.8) is 0 Å². The van der Waals surface area contributed by atoms with Gasteiger partial charge in [-0.1, -0.05) is 29.8 Å². The van der Waals surface area contributed by atoms with Crippen LogP contribution in [0.2, 0.25) is 5.02 Å². The van der Waals surface area contributed by atoms with Crippen molar-refractivity contribution < 1.29 is 9.59 Å². The van der Waals surface area contributed by atoms with E-state index in [1.807, 2.05) is 35.8 Å². The van der Waals surface area contributed by atoms with E-state index in [0.717, 1.165) is 22.2 Å². The summed E-state index contributed by atoms with van der Waals surface area (Å²) in [6.07, 6.45) is 2.75. The molecule has 0 unspecified atom stereocenters. The van der Waals surface area contributed by atoms with Gasteiger partial charge in [-0.15, -0.1) is 11.3 Å². The Bertz CT molecular complexity index is 1180. The molecule has 0 atom stereocenters. The molecular weight excluding hydrogens is 420 g/mol. The maximum Gasteiger partial charge on any atom is 0.251 e. The molecule has 2 amide bonds. The topological polar surface area (TPSA) is 86.9 Å². The highest BCUT2D eigenvalue weighted by Crippen LogP contribution is 2.30. The lowest BCUT2D eigenvalue weighted by Crippen LogP contribution is -2.25. The standard InChI is InChI=1S/C22H19ClN4O2S/c23-15-9-7-14(8-10-15)21(29)24-11-3-6-20(28)27-22-26-19(13-30-22)17-12-25-18-5-2-1-4-16(17)18/h1-2,4-5,7-10,12-13,25H,3,6,11H2,(H,24,29)(H,26,27,28). The first-order chi connectivity index (χ1) is 14.6. The Morgan fingerprint density at radius 3 is 2.73 bits per heavy atom. The van der Waals surface area contributed by atoms with Gasteiger partial charge in [-0.05, 0) is 36.8 Å². The molecule has 2 aromatic heterocycles. The Labute approximate surface area is 182 Å². The number of carbonyl (C=O) groups excluding carboxylic acids is 2. The summed E-state index contributed by atoms with van der Waals surface area (Å²) in [7, 11) is 0. The molecule has 0 spiro atoms. The average Bonchev–Trinajstić information content (AvgIpc) is 3.38. The minimum atomic E-state index is -0.185. The quantitative estimate of drug-likeness (QED) is 0.351. The van der Waals surface area contributed by atoms with Crippen molar-refractivity contribution >= 4 is 50.8 Å². The van der Waals surface area contributed by atoms with Gasteiger partial charge in [0.15, 0.2) is 5.13 Å². The van der Waals surface area contributed by atoms with Gasteiger partial charge in [0, 0.05) is 51.6 Å². The molecule has 4 rings (SSSR count). The van der Waals surface area contributed by atoms with Gasteiger partial charge < -0.3 is 15.6 Å². The number of thiazole rings is 1. The minimum absolute atomic E-state index is 0.129. The van der Waals surface area contributed by atoms with Crippen LogP contribution in [-0.2, 0) is 4.79 Å². The van der Waals surface area contributed by atoms with Gasteiger partial charge in [0.1, 0.15) is 0 Å². The van der Waals surface area contributed by atoms with E-state index in [2.05, 4.69) is 20.6 Å². The maximum atomic E-state index is 12.2. The second-order valence-corrected chi connectivity index (χ2v) is 7.99. The number of aromatic nitrogens is 2. The molecular formula is C22H19ClN4O2S. The summed E-state index contributed by atoms with van der Waals surface area (Å²) in [5.41, 5.74) is 3.42. The summed E-state index contributed by atoms with van der Waals surface area (Å²) in [5, 5.41) is 9.79. The Kier molecular flexibility index (Phi) is 6.11. The molecule has 0 aliphatic carbocycles. The van der Waals surface area contributed by atoms with Crippen molar-refractivity contribution in [2.45, 2.75) is 12.8 Å². The zero-order valence-electron chi connectivity index (χ0n) is 15.9. The van der Waals surface area contributed by atoms with Crippen molar-refractivity contribution in [1.29, 1.82) is 0 Å². The van der Waals surface area contributed by atoms with Crippen LogP contribution in [0.3, 0.4) is 0 Å². The monoisotopic (exact) mass is 438 g/mol. The smallest absolute Gasteiger partial charge is 0.251 e. The summed E-state index contributed by atoms with van der Waals surface area (Å²) in [5.74, 6) is -0.314. The normalized spacial score (nSPS) is 10.8. The third-order valence-corrected chi connectivity index (χ3v) is 5.60. The molecule has 30 heavy (non-hydrogen) atoms. The number of H-pyrrole nitrogens is 1. The number of fused-ring (bicyclic) bond motifs is 1. The lowest BCUT2D eigenvalue weighted by Gasteiger charge is -2.05. The number of anilines is 1. The largest absolute Gasteiger partial charge is 0.360 e. The van der Waals surface area contributed by atoms with E-state index in [0.29, 0.717) is 35.1 Å². The van der Waals surface area contributed by atoms with E-state index in [-0.39, 0.29) is 11.8 Å². The van der Waals surface area contributed by atoms with E-state index >= 15 is 0 Å². The maximum absolute atomic E-state index is 12.2. The van der Waals surface area contributed by atoms with Crippen LogP contribution in [0.25, 0.3) is 22.2 Å². The molecule has 8 heteroatoms. The number of hydrogen-bond acceptors (Lipinski definition) is 4. The van der Waals surface area contributed by atoms with Gasteiger partial charge in [-0.2, -0.15) is 0 Å². The SMILES string of the molecule is O=C(CCCNC(=O)c1ccc(Cl)cc1)Nc1nc(-c2c[nH]c3ccccc23)cs1. The lowest BCUT2D eigenvalue weighted by atomic mass is 10.1. The number of amides is 2. The molecule has 0 saturated heterocycles. The molecule has 0 fully saturated rings. The summed E-state index contributed by atoms with van der Waals surface area (Å²) in [6.45, 7) is 0.410. The van der Waals surface area contributed by atoms with Gasteiger partial charge >= 0.3 is 0 Å². The number of hydrogen-bond donors (Lipinski definition) is 3. The van der Waals surface area contributed by atoms with Gasteiger partial charge in [0.05, 0.1) is 5.69 Å². The number of carbonyl (C=O) groups is 2. The van der Waals surface area contributed by atoms with Gasteiger partial charge in [0.2, 0.25) is 5.91 Å². The third kappa shape index (κ3) is 4.69. The lowest BCUT2D eigenvalue weighted by molar-refractivity contribution is -0.116. The van der Waals surface area contributed by atoms with Crippen molar-refractivity contribution in [3.8, 4) is 11.3 Å². The highest BCUT2D eigenvalue weighted by atomic mass is 35.5. The molecule has 2 heterocycles. The fourth-order valence-electron chi connectivity index (χ4n) is 3.07. The molecule has 0 radical (unpaired) electrons. The fraction of sp³-hybridized carbons (Fsp3) is 0.136. The summed E-state index contributed by atoms with van der Waals surface area (Å²) in [6, 6.07) is 14.7. The van der Waals surface area contributed by atoms with E-state index in [1.54, 1.807) is 24.3 Å². The first-order valence-corrected chi connectivity index (χ1v) is 10.7. The van der Waals surface area contributed by atoms with Crippen LogP contribution < -0.4 is 10.6 Å². The zero-order chi connectivity index (χ0) is 20.9. The number of benzene rings is 2. The number of halogens is 1. The van der Waals surface area contributed by atoms with Crippen molar-refractivity contribution in [1.82, 2.24) is 15.3 Å². The Morgan fingerprint density at radius 2 is 1.90 bits per heavy atom. The average molecular weight is 439 g/mol. The summed E-state index contributed by atoms with van der Waals surface area (Å²) < 4.78 is 0. The second kappa shape index (κ2) is 9.11. The van der Waals surface area contributed by atoms with Crippen LogP contribution >= 0.6 is 22.9 Å². The molecule has 0 aliphatic heterocycles. The predicted octanol–water partition coefficient (Wildman–Crippen LogP) is 5.09. The third-order valence-electron chi connectivity index (χ3n) is 4.59. The molecule has 0 aliphatic rings. The number of nitrogens with zero attached hydrogens (tertiary/aromatic N) is 1. The number of rotatable bonds is 7. The van der Waals surface area contributed by atoms with Crippen LogP contribution in [0.4, 0.5) is 5.13 Å². The molecule has 0 saturated carbocycles. The van der Waals surface area contributed by atoms with Gasteiger partial charge in [-0.25, -0.2) is 4.98 Å². The van der Waals surface area contributed by atoms with Gasteiger partial charge in [-0.3, -0.25) is 9.59 Å². The van der Waals surface area contributed by atoms with Gasteiger partial charge in [0.25, 0.3) is 5.91 Å². The van der Waals surface area contributed by atoms with Crippen LogP contribution in [0, 0.1) is 0 Å². The van der Waals surface area contributed by atoms with Crippen LogP contribution in [-0.4, -0.2) is 28.3 Å². The Morgan fingerprint density at radius 1 is 1.10 bits per heavy atom. The molecule has 152 valence electrons. The molecule has 2 aromatic carbocycles.